The first-order valence-electron chi connectivity index (χ1n) is 10.3. The molecule has 3 rings (SSSR count). The zero-order valence-electron chi connectivity index (χ0n) is 16.8. The van der Waals surface area contributed by atoms with Crippen molar-refractivity contribution < 1.29 is 9.84 Å². The zero-order chi connectivity index (χ0) is 18.2. The predicted molar refractivity (Wildman–Crippen MR) is 103 cm³/mol. The molecule has 1 aliphatic heterocycles. The summed E-state index contributed by atoms with van der Waals surface area (Å²) in [6.07, 6.45) is 9.73. The maximum absolute atomic E-state index is 12.9. The van der Waals surface area contributed by atoms with Gasteiger partial charge in [-0.05, 0) is 54.2 Å². The molecule has 1 heterocycles. The van der Waals surface area contributed by atoms with Gasteiger partial charge < -0.3 is 4.74 Å². The summed E-state index contributed by atoms with van der Waals surface area (Å²) in [4.78, 5) is 0. The summed E-state index contributed by atoms with van der Waals surface area (Å²) >= 11 is 0. The lowest BCUT2D eigenvalue weighted by molar-refractivity contribution is 0.0881. The minimum absolute atomic E-state index is 0.0400. The van der Waals surface area contributed by atoms with Gasteiger partial charge in [0.2, 0.25) is 0 Å². The van der Waals surface area contributed by atoms with Gasteiger partial charge in [0.1, 0.15) is 11.9 Å². The van der Waals surface area contributed by atoms with E-state index in [2.05, 4.69) is 40.7 Å². The average molecular weight is 344 g/mol. The first kappa shape index (κ1) is 18.6. The molecule has 2 nitrogen and oxygen atoms in total. The molecule has 0 N–H and O–H groups in total. The number of unbranched alkanes of at least 4 members (excludes halogenated alkanes) is 3. The van der Waals surface area contributed by atoms with E-state index < -0.39 is 0 Å². The molecular formula is C23H35O2. The summed E-state index contributed by atoms with van der Waals surface area (Å²) in [5, 5.41) is 12.9. The van der Waals surface area contributed by atoms with E-state index in [1.54, 1.807) is 0 Å². The average Bonchev–Trinajstić information content (AvgIpc) is 2.88. The Hall–Kier alpha value is -1.18. The Morgan fingerprint density at radius 1 is 1.20 bits per heavy atom. The third kappa shape index (κ3) is 3.83. The molecule has 2 aliphatic rings. The molecule has 2 atom stereocenters. The Morgan fingerprint density at radius 3 is 2.68 bits per heavy atom. The zero-order valence-corrected chi connectivity index (χ0v) is 16.8. The first-order chi connectivity index (χ1) is 11.7. The van der Waals surface area contributed by atoms with E-state index in [4.69, 9.17) is 4.74 Å². The fourth-order valence-corrected chi connectivity index (χ4v) is 4.73. The van der Waals surface area contributed by atoms with Crippen LogP contribution in [0, 0.1) is 5.41 Å². The van der Waals surface area contributed by atoms with E-state index in [0.717, 1.165) is 36.1 Å². The van der Waals surface area contributed by atoms with Crippen molar-refractivity contribution >= 4 is 0 Å². The highest BCUT2D eigenvalue weighted by Crippen LogP contribution is 2.54. The molecule has 0 saturated heterocycles. The second kappa shape index (κ2) is 6.85. The molecular weight excluding hydrogens is 308 g/mol. The topological polar surface area (TPSA) is 29.1 Å². The van der Waals surface area contributed by atoms with Crippen LogP contribution in [0.5, 0.6) is 11.5 Å². The van der Waals surface area contributed by atoms with E-state index in [9.17, 15) is 5.11 Å². The van der Waals surface area contributed by atoms with Gasteiger partial charge in [-0.3, -0.25) is 5.11 Å². The van der Waals surface area contributed by atoms with Gasteiger partial charge in [-0.2, -0.15) is 0 Å². The van der Waals surface area contributed by atoms with Crippen LogP contribution in [0.4, 0.5) is 0 Å². The molecule has 139 valence electrons. The van der Waals surface area contributed by atoms with Gasteiger partial charge >= 0.3 is 0 Å². The molecule has 1 fully saturated rings. The monoisotopic (exact) mass is 343 g/mol. The third-order valence-corrected chi connectivity index (χ3v) is 6.52. The van der Waals surface area contributed by atoms with E-state index in [0.29, 0.717) is 11.3 Å². The number of fused-ring (bicyclic) bond motifs is 3. The molecule has 0 bridgehead atoms. The van der Waals surface area contributed by atoms with Crippen LogP contribution in [0.3, 0.4) is 0 Å². The molecule has 0 aromatic heterocycles. The largest absolute Gasteiger partial charge is 0.489 e. The van der Waals surface area contributed by atoms with Gasteiger partial charge in [0, 0.05) is 11.5 Å². The van der Waals surface area contributed by atoms with Gasteiger partial charge in [0.05, 0.1) is 0 Å². The molecule has 1 aliphatic carbocycles. The van der Waals surface area contributed by atoms with E-state index in [-0.39, 0.29) is 17.3 Å². The molecule has 0 amide bonds. The molecule has 1 aromatic rings. The van der Waals surface area contributed by atoms with Crippen LogP contribution in [-0.4, -0.2) is 6.10 Å². The van der Waals surface area contributed by atoms with Crippen LogP contribution < -0.4 is 4.74 Å². The number of rotatable bonds is 6. The lowest BCUT2D eigenvalue weighted by Crippen LogP contribution is -2.32. The van der Waals surface area contributed by atoms with Gasteiger partial charge in [-0.1, -0.05) is 60.3 Å². The van der Waals surface area contributed by atoms with Crippen LogP contribution in [0.2, 0.25) is 0 Å². The van der Waals surface area contributed by atoms with Crippen LogP contribution in [0.15, 0.2) is 12.1 Å². The minimum atomic E-state index is 0.0400. The highest BCUT2D eigenvalue weighted by molar-refractivity contribution is 5.54. The first-order valence-corrected chi connectivity index (χ1v) is 10.3. The Balaban J connectivity index is 1.79. The van der Waals surface area contributed by atoms with Crippen molar-refractivity contribution in [2.24, 2.45) is 5.41 Å². The third-order valence-electron chi connectivity index (χ3n) is 6.52. The van der Waals surface area contributed by atoms with Crippen LogP contribution >= 0.6 is 0 Å². The molecule has 2 unspecified atom stereocenters. The van der Waals surface area contributed by atoms with Crippen LogP contribution in [0.25, 0.3) is 0 Å². The van der Waals surface area contributed by atoms with Crippen molar-refractivity contribution in [3.8, 4) is 11.5 Å². The summed E-state index contributed by atoms with van der Waals surface area (Å²) < 4.78 is 6.31. The molecule has 25 heavy (non-hydrogen) atoms. The number of hydrogen-bond acceptors (Lipinski definition) is 1. The Labute approximate surface area is 154 Å². The van der Waals surface area contributed by atoms with Crippen molar-refractivity contribution in [1.29, 1.82) is 0 Å². The number of hydrogen-bond donors (Lipinski definition) is 0. The second-order valence-electron chi connectivity index (χ2n) is 9.75. The predicted octanol–water partition coefficient (Wildman–Crippen LogP) is 7.13. The highest BCUT2D eigenvalue weighted by atomic mass is 16.5. The number of ether oxygens (including phenoxy) is 1. The maximum atomic E-state index is 12.9. The smallest absolute Gasteiger partial charge is 0.186 e. The summed E-state index contributed by atoms with van der Waals surface area (Å²) in [7, 11) is 0. The standard InChI is InChI=1S/C23H35O2/c1-6-7-8-9-11-23(4,5)16-13-18(24)21-17-10-12-22(2,3)15-20(17)25-19(21)14-16/h13-14,17,20H,6-12,15H2,1-5H3. The highest BCUT2D eigenvalue weighted by Gasteiger charge is 2.44. The van der Waals surface area contributed by atoms with E-state index in [1.165, 1.54) is 32.1 Å². The van der Waals surface area contributed by atoms with Crippen LogP contribution in [0.1, 0.15) is 103 Å². The summed E-state index contributed by atoms with van der Waals surface area (Å²) in [5.41, 5.74) is 2.49. The molecule has 1 aromatic carbocycles. The van der Waals surface area contributed by atoms with Crippen molar-refractivity contribution in [1.82, 2.24) is 0 Å². The summed E-state index contributed by atoms with van der Waals surface area (Å²) in [6, 6.07) is 4.09. The number of benzene rings is 1. The van der Waals surface area contributed by atoms with Gasteiger partial charge in [0.15, 0.2) is 5.75 Å². The fraction of sp³-hybridized carbons (Fsp3) is 0.739. The molecule has 2 heteroatoms. The quantitative estimate of drug-likeness (QED) is 0.505. The normalized spacial score (nSPS) is 24.5. The van der Waals surface area contributed by atoms with Crippen molar-refractivity contribution in [2.75, 3.05) is 0 Å². The van der Waals surface area contributed by atoms with E-state index in [1.807, 2.05) is 6.07 Å². The van der Waals surface area contributed by atoms with Crippen molar-refractivity contribution in [3.63, 3.8) is 0 Å². The van der Waals surface area contributed by atoms with E-state index >= 15 is 0 Å². The minimum Gasteiger partial charge on any atom is -0.489 e. The Bertz CT molecular complexity index is 615. The van der Waals surface area contributed by atoms with Gasteiger partial charge in [-0.25, -0.2) is 0 Å². The Morgan fingerprint density at radius 2 is 1.96 bits per heavy atom. The summed E-state index contributed by atoms with van der Waals surface area (Å²) in [5.74, 6) is 1.41. The van der Waals surface area contributed by atoms with Gasteiger partial charge in [-0.15, -0.1) is 0 Å². The SMILES string of the molecule is CCCCCCC(C)(C)c1cc([O])c2c(c1)OC1CC(C)(C)CCC21. The van der Waals surface area contributed by atoms with Crippen molar-refractivity contribution in [3.05, 3.63) is 23.3 Å². The summed E-state index contributed by atoms with van der Waals surface area (Å²) in [6.45, 7) is 11.4. The van der Waals surface area contributed by atoms with Gasteiger partial charge in [0.25, 0.3) is 0 Å². The molecule has 0 spiro atoms. The maximum Gasteiger partial charge on any atom is 0.186 e. The lowest BCUT2D eigenvalue weighted by Gasteiger charge is -2.36. The van der Waals surface area contributed by atoms with Crippen LogP contribution in [-0.2, 0) is 10.5 Å². The second-order valence-corrected chi connectivity index (χ2v) is 9.75. The van der Waals surface area contributed by atoms with Crippen molar-refractivity contribution in [2.45, 2.75) is 103 Å². The molecule has 1 saturated carbocycles. The Kier molecular flexibility index (Phi) is 5.10. The fourth-order valence-electron chi connectivity index (χ4n) is 4.73. The lowest BCUT2D eigenvalue weighted by atomic mass is 9.70. The molecule has 1 radical (unpaired) electrons.